The normalized spacial score (nSPS) is 14.7. The zero-order valence-electron chi connectivity index (χ0n) is 20.8. The second-order valence-electron chi connectivity index (χ2n) is 8.99. The van der Waals surface area contributed by atoms with E-state index in [1.807, 2.05) is 5.01 Å². The Labute approximate surface area is 216 Å². The van der Waals surface area contributed by atoms with Crippen LogP contribution >= 0.6 is 0 Å². The Morgan fingerprint density at radius 3 is 2.53 bits per heavy atom. The molecule has 3 N–H and O–H groups in total. The molecule has 0 spiro atoms. The highest BCUT2D eigenvalue weighted by atomic mass is 19.3. The van der Waals surface area contributed by atoms with Crippen LogP contribution in [0.25, 0.3) is 22.0 Å². The highest BCUT2D eigenvalue weighted by Crippen LogP contribution is 2.32. The molecule has 4 heterocycles. The number of ether oxygens (including phenoxy) is 1. The average molecular weight is 526 g/mol. The molecule has 9 nitrogen and oxygen atoms in total. The molecule has 3 aromatic heterocycles. The van der Waals surface area contributed by atoms with Gasteiger partial charge in [-0.15, -0.1) is 0 Å². The van der Waals surface area contributed by atoms with E-state index in [4.69, 9.17) is 10.5 Å². The van der Waals surface area contributed by atoms with Crippen LogP contribution < -0.4 is 21.6 Å². The summed E-state index contributed by atoms with van der Waals surface area (Å²) in [5, 5.41) is 5.51. The first-order valence-corrected chi connectivity index (χ1v) is 12.1. The van der Waals surface area contributed by atoms with Gasteiger partial charge < -0.3 is 20.8 Å². The number of anilines is 2. The maximum atomic E-state index is 14.9. The molecule has 0 bridgehead atoms. The number of nitrogens with zero attached hydrogens (tertiary/aromatic N) is 5. The molecule has 0 aliphatic carbocycles. The zero-order valence-corrected chi connectivity index (χ0v) is 20.8. The number of aromatic nitrogens is 4. The molecule has 0 unspecified atom stereocenters. The number of hydrogen-bond acceptors (Lipinski definition) is 8. The van der Waals surface area contributed by atoms with E-state index < -0.39 is 23.8 Å². The lowest BCUT2D eigenvalue weighted by Crippen LogP contribution is -2.49. The van der Waals surface area contributed by atoms with Crippen molar-refractivity contribution >= 4 is 22.5 Å². The van der Waals surface area contributed by atoms with Crippen LogP contribution in [0.1, 0.15) is 36.3 Å². The lowest BCUT2D eigenvalue weighted by atomic mass is 10.0. The Balaban J connectivity index is 1.70. The number of pyridine rings is 2. The van der Waals surface area contributed by atoms with Crippen LogP contribution in [0.15, 0.2) is 47.5 Å². The van der Waals surface area contributed by atoms with E-state index in [1.165, 1.54) is 23.0 Å². The fraction of sp³-hybridized carbons (Fsp3) is 0.308. The van der Waals surface area contributed by atoms with Gasteiger partial charge in [0, 0.05) is 23.5 Å². The Morgan fingerprint density at radius 2 is 1.84 bits per heavy atom. The largest absolute Gasteiger partial charge is 0.384 e. The van der Waals surface area contributed by atoms with Gasteiger partial charge in [0.05, 0.1) is 54.4 Å². The summed E-state index contributed by atoms with van der Waals surface area (Å²) in [7, 11) is 0. The van der Waals surface area contributed by atoms with Gasteiger partial charge in [0.15, 0.2) is 0 Å². The van der Waals surface area contributed by atoms with Gasteiger partial charge in [-0.1, -0.05) is 18.2 Å². The Morgan fingerprint density at radius 1 is 1.11 bits per heavy atom. The molecule has 198 valence electrons. The number of halogens is 3. The third-order valence-electron chi connectivity index (χ3n) is 6.45. The van der Waals surface area contributed by atoms with Gasteiger partial charge in [-0.05, 0) is 26.0 Å². The molecule has 1 aliphatic heterocycles. The van der Waals surface area contributed by atoms with Crippen molar-refractivity contribution in [2.24, 2.45) is 0 Å². The Bertz CT molecular complexity index is 1540. The Kier molecular flexibility index (Phi) is 6.89. The number of alkyl halides is 2. The van der Waals surface area contributed by atoms with E-state index in [0.29, 0.717) is 65.8 Å². The number of aryl methyl sites for hydroxylation is 1. The first-order valence-electron chi connectivity index (χ1n) is 12.1. The molecule has 5 rings (SSSR count). The first-order chi connectivity index (χ1) is 18.2. The van der Waals surface area contributed by atoms with E-state index in [-0.39, 0.29) is 11.1 Å². The number of nitrogens with one attached hydrogen (secondary N) is 1. The van der Waals surface area contributed by atoms with Crippen molar-refractivity contribution in [1.29, 1.82) is 0 Å². The van der Waals surface area contributed by atoms with Gasteiger partial charge in [-0.25, -0.2) is 32.8 Å². The van der Waals surface area contributed by atoms with Crippen LogP contribution in [0.5, 0.6) is 0 Å². The smallest absolute Gasteiger partial charge is 0.279 e. The maximum Gasteiger partial charge on any atom is 0.279 e. The summed E-state index contributed by atoms with van der Waals surface area (Å²) in [4.78, 5) is 27.1. The van der Waals surface area contributed by atoms with E-state index in [0.717, 1.165) is 6.07 Å². The number of nitrogens with two attached hydrogens (primary N) is 1. The van der Waals surface area contributed by atoms with Crippen molar-refractivity contribution in [3.8, 4) is 11.1 Å². The van der Waals surface area contributed by atoms with E-state index in [9.17, 15) is 18.0 Å². The van der Waals surface area contributed by atoms with E-state index in [1.54, 1.807) is 32.2 Å². The quantitative estimate of drug-likeness (QED) is 0.389. The number of fused-ring (bicyclic) bond motifs is 1. The highest BCUT2D eigenvalue weighted by molar-refractivity contribution is 5.98. The summed E-state index contributed by atoms with van der Waals surface area (Å²) in [5.41, 5.74) is 6.05. The molecule has 1 saturated heterocycles. The van der Waals surface area contributed by atoms with Crippen LogP contribution in [0.4, 0.5) is 24.8 Å². The molecule has 0 saturated carbocycles. The molecule has 12 heteroatoms. The SMILES string of the molecule is Cc1nc(N[C@H](C)c2cccc(C(F)F)c2F)c2cn(N3CCOCC3)c(=O)c(-c3ccc(N)nc3)c2n1. The molecule has 4 aromatic rings. The summed E-state index contributed by atoms with van der Waals surface area (Å²) in [6, 6.07) is 6.47. The topological polar surface area (TPSA) is 111 Å². The number of nitrogen functional groups attached to an aromatic ring is 1. The van der Waals surface area contributed by atoms with Gasteiger partial charge in [-0.2, -0.15) is 0 Å². The summed E-state index contributed by atoms with van der Waals surface area (Å²) in [6.45, 7) is 5.21. The summed E-state index contributed by atoms with van der Waals surface area (Å²) in [6.07, 6.45) is 0.203. The third kappa shape index (κ3) is 4.74. The van der Waals surface area contributed by atoms with Crippen molar-refractivity contribution in [2.45, 2.75) is 26.3 Å². The van der Waals surface area contributed by atoms with Crippen LogP contribution in [0.2, 0.25) is 0 Å². The second-order valence-corrected chi connectivity index (χ2v) is 8.99. The lowest BCUT2D eigenvalue weighted by Gasteiger charge is -2.31. The first kappa shape index (κ1) is 25.5. The minimum Gasteiger partial charge on any atom is -0.384 e. The standard InChI is InChI=1S/C26H26F3N7O2/c1-14(17-4-3-5-18(22(17)27)24(28)29)32-25-19-13-36(35-8-10-38-11-9-35)26(37)21(23(19)33-15(2)34-25)16-6-7-20(30)31-12-16/h3-7,12-14,24H,8-11H2,1-2H3,(H2,30,31)(H,32,33,34)/t14-/m1/s1. The minimum absolute atomic E-state index is 0.0664. The predicted octanol–water partition coefficient (Wildman–Crippen LogP) is 3.96. The van der Waals surface area contributed by atoms with Crippen molar-refractivity contribution in [3.05, 3.63) is 75.8 Å². The minimum atomic E-state index is -2.94. The van der Waals surface area contributed by atoms with Crippen LogP contribution in [0.3, 0.4) is 0 Å². The van der Waals surface area contributed by atoms with Crippen molar-refractivity contribution in [2.75, 3.05) is 42.4 Å². The van der Waals surface area contributed by atoms with Crippen molar-refractivity contribution < 1.29 is 17.9 Å². The number of benzene rings is 1. The van der Waals surface area contributed by atoms with Gasteiger partial charge in [0.1, 0.15) is 23.3 Å². The van der Waals surface area contributed by atoms with Crippen LogP contribution in [0, 0.1) is 12.7 Å². The fourth-order valence-corrected chi connectivity index (χ4v) is 4.55. The second kappa shape index (κ2) is 10.3. The van der Waals surface area contributed by atoms with Gasteiger partial charge in [0.25, 0.3) is 12.0 Å². The van der Waals surface area contributed by atoms with Crippen LogP contribution in [-0.4, -0.2) is 45.9 Å². The van der Waals surface area contributed by atoms with Crippen molar-refractivity contribution in [3.63, 3.8) is 0 Å². The number of morpholine rings is 1. The third-order valence-corrected chi connectivity index (χ3v) is 6.45. The van der Waals surface area contributed by atoms with Gasteiger partial charge >= 0.3 is 0 Å². The van der Waals surface area contributed by atoms with Crippen molar-refractivity contribution in [1.82, 2.24) is 19.6 Å². The summed E-state index contributed by atoms with van der Waals surface area (Å²) < 4.78 is 48.5. The summed E-state index contributed by atoms with van der Waals surface area (Å²) >= 11 is 0. The number of rotatable bonds is 6. The predicted molar refractivity (Wildman–Crippen MR) is 138 cm³/mol. The molecule has 1 aromatic carbocycles. The van der Waals surface area contributed by atoms with E-state index >= 15 is 0 Å². The van der Waals surface area contributed by atoms with E-state index in [2.05, 4.69) is 20.3 Å². The maximum absolute atomic E-state index is 14.9. The molecule has 0 amide bonds. The molecular formula is C26H26F3N7O2. The van der Waals surface area contributed by atoms with Crippen LogP contribution in [-0.2, 0) is 4.74 Å². The van der Waals surface area contributed by atoms with Gasteiger partial charge in [0.2, 0.25) is 0 Å². The lowest BCUT2D eigenvalue weighted by molar-refractivity contribution is 0.111. The molecule has 1 atom stereocenters. The monoisotopic (exact) mass is 525 g/mol. The fourth-order valence-electron chi connectivity index (χ4n) is 4.55. The van der Waals surface area contributed by atoms with Gasteiger partial charge in [-0.3, -0.25) is 4.79 Å². The average Bonchev–Trinajstić information content (AvgIpc) is 2.89. The molecule has 38 heavy (non-hydrogen) atoms. The molecule has 1 fully saturated rings. The molecule has 0 radical (unpaired) electrons. The molecule has 1 aliphatic rings. The molecular weight excluding hydrogens is 499 g/mol. The summed E-state index contributed by atoms with van der Waals surface area (Å²) in [5.74, 6) is 0.0182. The highest BCUT2D eigenvalue weighted by Gasteiger charge is 2.24. The Hall–Kier alpha value is -4.19. The number of hydrogen-bond donors (Lipinski definition) is 2. The zero-order chi connectivity index (χ0) is 27.0.